The van der Waals surface area contributed by atoms with Gasteiger partial charge in [-0.1, -0.05) is 81.3 Å². The monoisotopic (exact) mass is 762 g/mol. The Morgan fingerprint density at radius 3 is 1.80 bits per heavy atom. The molecule has 0 spiro atoms. The van der Waals surface area contributed by atoms with Gasteiger partial charge in [0.15, 0.2) is 0 Å². The summed E-state index contributed by atoms with van der Waals surface area (Å²) in [6, 6.07) is 28.2. The van der Waals surface area contributed by atoms with Crippen LogP contribution in [0.5, 0.6) is 40.2 Å². The summed E-state index contributed by atoms with van der Waals surface area (Å²) in [5.74, 6) is 5.78. The number of rotatable bonds is 13. The molecule has 0 N–H and O–H groups in total. The molecule has 0 radical (unpaired) electrons. The third kappa shape index (κ3) is 7.30. The lowest BCUT2D eigenvalue weighted by Crippen LogP contribution is -2.09. The van der Waals surface area contributed by atoms with Crippen LogP contribution in [0.1, 0.15) is 68.6 Å². The van der Waals surface area contributed by atoms with Crippen molar-refractivity contribution in [2.75, 3.05) is 14.2 Å². The zero-order valence-electron chi connectivity index (χ0n) is 31.0. The molecule has 54 heavy (non-hydrogen) atoms. The van der Waals surface area contributed by atoms with Crippen molar-refractivity contribution in [2.45, 2.75) is 64.7 Å². The van der Waals surface area contributed by atoms with Crippen LogP contribution in [0.3, 0.4) is 0 Å². The summed E-state index contributed by atoms with van der Waals surface area (Å²) < 4.78 is 52.0. The van der Waals surface area contributed by atoms with E-state index >= 15 is 0 Å². The molecule has 0 fully saturated rings. The van der Waals surface area contributed by atoms with Crippen LogP contribution in [0.4, 0.5) is 0 Å². The largest absolute Gasteiger partial charge is 0.530 e. The number of hydrogen-bond acceptors (Lipinski definition) is 8. The maximum Gasteiger partial charge on any atom is 0.530 e. The van der Waals surface area contributed by atoms with Crippen LogP contribution in [0.15, 0.2) is 109 Å². The fourth-order valence-corrected chi connectivity index (χ4v) is 9.39. The minimum atomic E-state index is -1.92. The number of ether oxygens (including phenoxy) is 2. The maximum absolute atomic E-state index is 7.03. The van der Waals surface area contributed by atoms with Crippen LogP contribution >= 0.6 is 17.2 Å². The van der Waals surface area contributed by atoms with Crippen molar-refractivity contribution in [3.8, 4) is 51.4 Å². The third-order valence-corrected chi connectivity index (χ3v) is 12.0. The van der Waals surface area contributed by atoms with Gasteiger partial charge in [0.1, 0.15) is 46.0 Å². The van der Waals surface area contributed by atoms with E-state index in [0.717, 1.165) is 107 Å². The first kappa shape index (κ1) is 36.1. The molecule has 0 saturated carbocycles. The van der Waals surface area contributed by atoms with E-state index in [2.05, 4.69) is 44.2 Å². The number of unbranched alkanes of at least 4 members (excludes halogenated alkanes) is 2. The lowest BCUT2D eigenvalue weighted by Gasteiger charge is -2.27. The van der Waals surface area contributed by atoms with Gasteiger partial charge in [0.2, 0.25) is 0 Å². The van der Waals surface area contributed by atoms with Gasteiger partial charge in [-0.05, 0) is 97.2 Å². The van der Waals surface area contributed by atoms with E-state index in [4.69, 9.17) is 36.6 Å². The van der Waals surface area contributed by atoms with E-state index in [9.17, 15) is 0 Å². The normalized spacial score (nSPS) is 17.1. The second-order valence-corrected chi connectivity index (χ2v) is 15.5. The van der Waals surface area contributed by atoms with Gasteiger partial charge < -0.3 is 36.6 Å². The van der Waals surface area contributed by atoms with E-state index in [1.165, 1.54) is 0 Å². The van der Waals surface area contributed by atoms with Crippen molar-refractivity contribution in [2.24, 2.45) is 0 Å². The summed E-state index contributed by atoms with van der Waals surface area (Å²) in [6.07, 6.45) is 12.5. The molecule has 8 nitrogen and oxygen atoms in total. The number of methoxy groups -OCH3 is 2. The highest BCUT2D eigenvalue weighted by Crippen LogP contribution is 2.58. The van der Waals surface area contributed by atoms with E-state index in [0.29, 0.717) is 23.0 Å². The molecule has 0 bridgehead atoms. The van der Waals surface area contributed by atoms with Gasteiger partial charge >= 0.3 is 17.2 Å². The zero-order valence-corrected chi connectivity index (χ0v) is 32.8. The third-order valence-electron chi connectivity index (χ3n) is 9.90. The van der Waals surface area contributed by atoms with E-state index < -0.39 is 17.2 Å². The Morgan fingerprint density at radius 1 is 0.648 bits per heavy atom. The maximum atomic E-state index is 7.03. The van der Waals surface area contributed by atoms with Gasteiger partial charge in [0, 0.05) is 22.6 Å². The van der Waals surface area contributed by atoms with Gasteiger partial charge in [0.05, 0.1) is 19.6 Å². The zero-order chi connectivity index (χ0) is 37.0. The molecule has 1 aliphatic carbocycles. The number of para-hydroxylation sites is 1. The first-order chi connectivity index (χ1) is 26.6. The first-order valence-corrected chi connectivity index (χ1v) is 20.8. The summed E-state index contributed by atoms with van der Waals surface area (Å²) >= 11 is 0. The quantitative estimate of drug-likeness (QED) is 0.110. The summed E-state index contributed by atoms with van der Waals surface area (Å²) in [5, 5.41) is 1.98. The van der Waals surface area contributed by atoms with Crippen molar-refractivity contribution in [3.63, 3.8) is 0 Å². The molecule has 5 aromatic rings. The Labute approximate surface area is 319 Å². The van der Waals surface area contributed by atoms with Crippen LogP contribution in [-0.4, -0.2) is 14.2 Å². The number of fused-ring (bicyclic) bond motifs is 3. The minimum Gasteiger partial charge on any atom is -0.497 e. The highest BCUT2D eigenvalue weighted by molar-refractivity contribution is 7.43. The Kier molecular flexibility index (Phi) is 10.8. The molecule has 2 heterocycles. The number of hydrogen-bond donors (Lipinski definition) is 0. The predicted octanol–water partition coefficient (Wildman–Crippen LogP) is 12.9. The van der Waals surface area contributed by atoms with Gasteiger partial charge in [-0.15, -0.1) is 0 Å². The second-order valence-electron chi connectivity index (χ2n) is 13.5. The van der Waals surface area contributed by atoms with Crippen molar-refractivity contribution in [1.82, 2.24) is 0 Å². The fraction of sp³-hybridized carbons (Fsp3) is 0.273. The molecular formula is C44H44O8P2. The SMILES string of the molecule is CCCCc1cc(OC)cc(-c2cc(OC)cc(CCCC)c2OP2Oc3cccc4cccc(c34)O2)c1OP1OC2=CC=CCC2c2ccccc2O1. The molecule has 2 aliphatic heterocycles. The molecule has 8 rings (SSSR count). The molecule has 3 aliphatic rings. The van der Waals surface area contributed by atoms with E-state index in [-0.39, 0.29) is 5.92 Å². The summed E-state index contributed by atoms with van der Waals surface area (Å²) in [4.78, 5) is 0. The standard InChI is InChI=1S/C44H44O8P2/c1-5-7-15-30-25-32(45-3)27-36(43(30)51-53-47-38-21-11-9-19-34(38)35-20-10-12-22-39(35)48-53)37-28-33(46-4)26-31(16-8-6-2)44(37)52-54-49-40-23-13-17-29-18-14-24-41(50-54)42(29)40/h9-14,17-19,21-28,35H,5-8,15-16,20H2,1-4H3. The molecule has 0 aromatic heterocycles. The average Bonchev–Trinajstić information content (AvgIpc) is 3.36. The topological polar surface area (TPSA) is 73.8 Å². The van der Waals surface area contributed by atoms with Crippen LogP contribution in [0, 0.1) is 0 Å². The summed E-state index contributed by atoms with van der Waals surface area (Å²) in [7, 11) is -0.428. The summed E-state index contributed by atoms with van der Waals surface area (Å²) in [5.41, 5.74) is 4.57. The van der Waals surface area contributed by atoms with Crippen LogP contribution in [-0.2, 0) is 17.4 Å². The van der Waals surface area contributed by atoms with Crippen molar-refractivity contribution in [1.29, 1.82) is 0 Å². The summed E-state index contributed by atoms with van der Waals surface area (Å²) in [6.45, 7) is 4.36. The number of allylic oxidation sites excluding steroid dienone is 4. The lowest BCUT2D eigenvalue weighted by atomic mass is 9.90. The molecular weight excluding hydrogens is 718 g/mol. The number of aryl methyl sites for hydroxylation is 2. The van der Waals surface area contributed by atoms with Gasteiger partial charge in [-0.2, -0.15) is 0 Å². The Balaban J connectivity index is 1.26. The molecule has 0 saturated heterocycles. The number of benzene rings is 5. The molecule has 278 valence electrons. The Morgan fingerprint density at radius 2 is 1.20 bits per heavy atom. The van der Waals surface area contributed by atoms with Crippen molar-refractivity contribution in [3.05, 3.63) is 126 Å². The van der Waals surface area contributed by atoms with Crippen molar-refractivity contribution >= 4 is 28.0 Å². The molecule has 2 atom stereocenters. The highest BCUT2D eigenvalue weighted by Gasteiger charge is 2.36. The lowest BCUT2D eigenvalue weighted by molar-refractivity contribution is 0.324. The molecule has 0 amide bonds. The molecule has 2 unspecified atom stereocenters. The van der Waals surface area contributed by atoms with Gasteiger partial charge in [-0.25, -0.2) is 0 Å². The Hall–Kier alpha value is -4.90. The first-order valence-electron chi connectivity index (χ1n) is 18.6. The molecule has 10 heteroatoms. The second kappa shape index (κ2) is 16.2. The van der Waals surface area contributed by atoms with E-state index in [1.54, 1.807) is 14.2 Å². The van der Waals surface area contributed by atoms with E-state index in [1.807, 2.05) is 72.8 Å². The van der Waals surface area contributed by atoms with Gasteiger partial charge in [0.25, 0.3) is 0 Å². The predicted molar refractivity (Wildman–Crippen MR) is 215 cm³/mol. The van der Waals surface area contributed by atoms with Crippen LogP contribution in [0.25, 0.3) is 21.9 Å². The van der Waals surface area contributed by atoms with Crippen LogP contribution in [0.2, 0.25) is 0 Å². The smallest absolute Gasteiger partial charge is 0.497 e. The van der Waals surface area contributed by atoms with Crippen LogP contribution < -0.4 is 32.1 Å². The van der Waals surface area contributed by atoms with Crippen molar-refractivity contribution < 1.29 is 36.6 Å². The van der Waals surface area contributed by atoms with Gasteiger partial charge in [-0.3, -0.25) is 0 Å². The fourth-order valence-electron chi connectivity index (χ4n) is 7.13. The highest BCUT2D eigenvalue weighted by atomic mass is 31.2. The molecule has 5 aromatic carbocycles. The average molecular weight is 763 g/mol. The minimum absolute atomic E-state index is 0.0468. The Bertz CT molecular complexity index is 2170.